The lowest BCUT2D eigenvalue weighted by Crippen LogP contribution is -2.41. The molecule has 0 radical (unpaired) electrons. The summed E-state index contributed by atoms with van der Waals surface area (Å²) >= 11 is 0. The second-order valence-corrected chi connectivity index (χ2v) is 4.62. The normalized spacial score (nSPS) is 12.2. The van der Waals surface area contributed by atoms with Crippen LogP contribution in [0.5, 0.6) is 0 Å². The highest BCUT2D eigenvalue weighted by molar-refractivity contribution is 6.05. The first-order valence-electron chi connectivity index (χ1n) is 6.59. The Labute approximate surface area is 121 Å². The lowest BCUT2D eigenvalue weighted by molar-refractivity contribution is -0.139. The average Bonchev–Trinajstić information content (AvgIpc) is 2.90. The maximum absolute atomic E-state index is 12.2. The van der Waals surface area contributed by atoms with E-state index in [4.69, 9.17) is 9.84 Å². The lowest BCUT2D eigenvalue weighted by atomic mass is 10.1. The quantitative estimate of drug-likeness (QED) is 0.664. The highest BCUT2D eigenvalue weighted by Gasteiger charge is 2.22. The van der Waals surface area contributed by atoms with E-state index in [2.05, 4.69) is 15.5 Å². The van der Waals surface area contributed by atoms with Gasteiger partial charge in [-0.25, -0.2) is 4.79 Å². The number of hydrogen-bond donors (Lipinski definition) is 3. The molecule has 21 heavy (non-hydrogen) atoms. The summed E-state index contributed by atoms with van der Waals surface area (Å²) in [5.41, 5.74) is 0.928. The fourth-order valence-corrected chi connectivity index (χ4v) is 2.05. The minimum absolute atomic E-state index is 0.198. The molecule has 0 aliphatic carbocycles. The Balaban J connectivity index is 2.09. The predicted octanol–water partition coefficient (Wildman–Crippen LogP) is 1.17. The number of carbonyl (C=O) groups excluding carboxylic acids is 1. The Hall–Kier alpha value is -2.41. The van der Waals surface area contributed by atoms with E-state index in [-0.39, 0.29) is 5.69 Å². The standard InChI is InChI=1S/C14H17N3O4/c1-21-8-4-7-11(14(19)20)15-13(18)12-9-5-2-3-6-10(9)16-17-12/h2-3,5-6,11H,4,7-8H2,1H3,(H,15,18)(H,16,17)(H,19,20). The van der Waals surface area contributed by atoms with Gasteiger partial charge in [0.05, 0.1) is 5.52 Å². The third kappa shape index (κ3) is 3.57. The topological polar surface area (TPSA) is 104 Å². The number of fused-ring (bicyclic) bond motifs is 1. The molecule has 2 rings (SSSR count). The minimum atomic E-state index is -1.07. The van der Waals surface area contributed by atoms with Crippen molar-refractivity contribution < 1.29 is 19.4 Å². The van der Waals surface area contributed by atoms with Crippen molar-refractivity contribution in [3.05, 3.63) is 30.0 Å². The zero-order chi connectivity index (χ0) is 15.2. The molecule has 0 saturated carbocycles. The molecule has 7 heteroatoms. The van der Waals surface area contributed by atoms with E-state index in [1.807, 2.05) is 6.07 Å². The van der Waals surface area contributed by atoms with Crippen molar-refractivity contribution >= 4 is 22.8 Å². The van der Waals surface area contributed by atoms with Crippen LogP contribution in [0.3, 0.4) is 0 Å². The van der Waals surface area contributed by atoms with Crippen LogP contribution in [0, 0.1) is 0 Å². The van der Waals surface area contributed by atoms with Crippen LogP contribution in [0.15, 0.2) is 24.3 Å². The molecule has 0 bridgehead atoms. The first-order chi connectivity index (χ1) is 10.1. The van der Waals surface area contributed by atoms with E-state index in [1.54, 1.807) is 25.3 Å². The first-order valence-corrected chi connectivity index (χ1v) is 6.59. The zero-order valence-corrected chi connectivity index (χ0v) is 11.6. The number of carboxylic acid groups (broad SMARTS) is 1. The number of aromatic amines is 1. The molecule has 1 atom stereocenters. The Morgan fingerprint density at radius 3 is 2.90 bits per heavy atom. The number of aliphatic carboxylic acids is 1. The van der Waals surface area contributed by atoms with Gasteiger partial charge >= 0.3 is 5.97 Å². The summed E-state index contributed by atoms with van der Waals surface area (Å²) in [6.45, 7) is 0.449. The van der Waals surface area contributed by atoms with Crippen LogP contribution >= 0.6 is 0 Å². The van der Waals surface area contributed by atoms with Gasteiger partial charge in [-0.2, -0.15) is 5.10 Å². The summed E-state index contributed by atoms with van der Waals surface area (Å²) in [7, 11) is 1.55. The molecule has 3 N–H and O–H groups in total. The summed E-state index contributed by atoms with van der Waals surface area (Å²) in [5, 5.41) is 19.0. The number of rotatable bonds is 7. The lowest BCUT2D eigenvalue weighted by Gasteiger charge is -2.13. The molecule has 1 amide bonds. The number of carbonyl (C=O) groups is 2. The summed E-state index contributed by atoms with van der Waals surface area (Å²) < 4.78 is 4.88. The van der Waals surface area contributed by atoms with E-state index in [9.17, 15) is 9.59 Å². The van der Waals surface area contributed by atoms with Crippen LogP contribution in [0.25, 0.3) is 10.9 Å². The highest BCUT2D eigenvalue weighted by atomic mass is 16.5. The summed E-state index contributed by atoms with van der Waals surface area (Å²) in [6.07, 6.45) is 0.854. The molecule has 0 fully saturated rings. The number of nitrogens with zero attached hydrogens (tertiary/aromatic N) is 1. The fraction of sp³-hybridized carbons (Fsp3) is 0.357. The minimum Gasteiger partial charge on any atom is -0.480 e. The Morgan fingerprint density at radius 2 is 2.19 bits per heavy atom. The van der Waals surface area contributed by atoms with Gasteiger partial charge in [-0.05, 0) is 18.9 Å². The van der Waals surface area contributed by atoms with E-state index in [1.165, 1.54) is 0 Å². The number of hydrogen-bond acceptors (Lipinski definition) is 4. The maximum atomic E-state index is 12.2. The average molecular weight is 291 g/mol. The third-order valence-electron chi connectivity index (χ3n) is 3.13. The number of aromatic nitrogens is 2. The van der Waals surface area contributed by atoms with E-state index in [0.29, 0.717) is 24.8 Å². The SMILES string of the molecule is COCCCC(NC(=O)c1n[nH]c2ccccc12)C(=O)O. The summed E-state index contributed by atoms with van der Waals surface area (Å²) in [6, 6.07) is 6.22. The molecule has 112 valence electrons. The molecule has 2 aromatic rings. The molecule has 1 unspecified atom stereocenters. The summed E-state index contributed by atoms with van der Waals surface area (Å²) in [4.78, 5) is 23.4. The smallest absolute Gasteiger partial charge is 0.326 e. The number of H-pyrrole nitrogens is 1. The van der Waals surface area contributed by atoms with Gasteiger partial charge in [0.15, 0.2) is 5.69 Å². The zero-order valence-electron chi connectivity index (χ0n) is 11.6. The number of nitrogens with one attached hydrogen (secondary N) is 2. The second kappa shape index (κ2) is 6.85. The maximum Gasteiger partial charge on any atom is 0.326 e. The Bertz CT molecular complexity index is 638. The fourth-order valence-electron chi connectivity index (χ4n) is 2.05. The molecule has 0 saturated heterocycles. The number of amides is 1. The predicted molar refractivity (Wildman–Crippen MR) is 76.1 cm³/mol. The van der Waals surface area contributed by atoms with Crippen LogP contribution in [0.2, 0.25) is 0 Å². The van der Waals surface area contributed by atoms with Crippen molar-refractivity contribution in [1.82, 2.24) is 15.5 Å². The van der Waals surface area contributed by atoms with Crippen molar-refractivity contribution in [2.45, 2.75) is 18.9 Å². The van der Waals surface area contributed by atoms with E-state index < -0.39 is 17.9 Å². The monoisotopic (exact) mass is 291 g/mol. The highest BCUT2D eigenvalue weighted by Crippen LogP contribution is 2.15. The van der Waals surface area contributed by atoms with Crippen LogP contribution in [-0.4, -0.2) is 46.9 Å². The van der Waals surface area contributed by atoms with Crippen molar-refractivity contribution in [2.24, 2.45) is 0 Å². The van der Waals surface area contributed by atoms with Gasteiger partial charge in [-0.15, -0.1) is 0 Å². The molecule has 0 spiro atoms. The number of ether oxygens (including phenoxy) is 1. The Morgan fingerprint density at radius 1 is 1.43 bits per heavy atom. The van der Waals surface area contributed by atoms with Crippen molar-refractivity contribution in [2.75, 3.05) is 13.7 Å². The van der Waals surface area contributed by atoms with Crippen LogP contribution < -0.4 is 5.32 Å². The molecule has 1 aromatic heterocycles. The molecular formula is C14H17N3O4. The molecule has 1 heterocycles. The van der Waals surface area contributed by atoms with Gasteiger partial charge in [0.25, 0.3) is 5.91 Å². The largest absolute Gasteiger partial charge is 0.480 e. The number of para-hydroxylation sites is 1. The van der Waals surface area contributed by atoms with Crippen LogP contribution in [0.4, 0.5) is 0 Å². The van der Waals surface area contributed by atoms with E-state index >= 15 is 0 Å². The van der Waals surface area contributed by atoms with Crippen molar-refractivity contribution in [3.8, 4) is 0 Å². The van der Waals surface area contributed by atoms with Gasteiger partial charge < -0.3 is 15.2 Å². The summed E-state index contributed by atoms with van der Waals surface area (Å²) in [5.74, 6) is -1.57. The molecule has 0 aliphatic heterocycles. The van der Waals surface area contributed by atoms with Crippen LogP contribution in [0.1, 0.15) is 23.3 Å². The number of carboxylic acids is 1. The Kier molecular flexibility index (Phi) is 4.89. The molecule has 1 aromatic carbocycles. The van der Waals surface area contributed by atoms with Gasteiger partial charge in [0.1, 0.15) is 6.04 Å². The molecule has 0 aliphatic rings. The number of methoxy groups -OCH3 is 1. The molecular weight excluding hydrogens is 274 g/mol. The molecule has 7 nitrogen and oxygen atoms in total. The second-order valence-electron chi connectivity index (χ2n) is 4.62. The third-order valence-corrected chi connectivity index (χ3v) is 3.13. The van der Waals surface area contributed by atoms with E-state index in [0.717, 1.165) is 5.52 Å². The van der Waals surface area contributed by atoms with Gasteiger partial charge in [0.2, 0.25) is 0 Å². The van der Waals surface area contributed by atoms with Gasteiger partial charge in [-0.1, -0.05) is 18.2 Å². The van der Waals surface area contributed by atoms with Crippen molar-refractivity contribution in [1.29, 1.82) is 0 Å². The van der Waals surface area contributed by atoms with Gasteiger partial charge in [-0.3, -0.25) is 9.89 Å². The van der Waals surface area contributed by atoms with Gasteiger partial charge in [0, 0.05) is 19.1 Å². The van der Waals surface area contributed by atoms with Crippen molar-refractivity contribution in [3.63, 3.8) is 0 Å². The first kappa shape index (κ1) is 15.0. The number of benzene rings is 1. The van der Waals surface area contributed by atoms with Crippen LogP contribution in [-0.2, 0) is 9.53 Å².